The monoisotopic (exact) mass is 556 g/mol. The number of rotatable bonds is 12. The first-order chi connectivity index (χ1) is 19.0. The van der Waals surface area contributed by atoms with E-state index in [9.17, 15) is 23.6 Å². The van der Waals surface area contributed by atoms with Gasteiger partial charge in [-0.1, -0.05) is 19.9 Å². The third kappa shape index (κ3) is 7.91. The van der Waals surface area contributed by atoms with Crippen LogP contribution in [0.25, 0.3) is 11.0 Å². The molecule has 12 nitrogen and oxygen atoms in total. The number of carbonyl (C=O) groups is 3. The third-order valence-corrected chi connectivity index (χ3v) is 5.73. The highest BCUT2D eigenvalue weighted by Crippen LogP contribution is 2.28. The Hall–Kier alpha value is -4.68. The van der Waals surface area contributed by atoms with E-state index in [1.165, 1.54) is 27.8 Å². The van der Waals surface area contributed by atoms with Crippen LogP contribution < -0.4 is 20.9 Å². The van der Waals surface area contributed by atoms with Gasteiger partial charge in [-0.05, 0) is 43.0 Å². The largest absolute Gasteiger partial charge is 0.488 e. The lowest BCUT2D eigenvalue weighted by molar-refractivity contribution is -0.123. The molecule has 3 rings (SSSR count). The summed E-state index contributed by atoms with van der Waals surface area (Å²) in [6.07, 6.45) is 4.38. The lowest BCUT2D eigenvalue weighted by Gasteiger charge is -2.16. The van der Waals surface area contributed by atoms with Gasteiger partial charge < -0.3 is 34.9 Å². The number of halogens is 1. The molecule has 0 fully saturated rings. The lowest BCUT2D eigenvalue weighted by Crippen LogP contribution is -2.44. The van der Waals surface area contributed by atoms with Crippen LogP contribution in [0.15, 0.2) is 47.5 Å². The van der Waals surface area contributed by atoms with Crippen molar-refractivity contribution in [3.8, 4) is 5.75 Å². The predicted molar refractivity (Wildman–Crippen MR) is 147 cm³/mol. The Morgan fingerprint density at radius 1 is 1.30 bits per heavy atom. The van der Waals surface area contributed by atoms with Crippen molar-refractivity contribution in [2.75, 3.05) is 26.0 Å². The van der Waals surface area contributed by atoms with Gasteiger partial charge in [-0.2, -0.15) is 0 Å². The highest BCUT2D eigenvalue weighted by molar-refractivity contribution is 5.96. The van der Waals surface area contributed by atoms with Crippen molar-refractivity contribution in [3.63, 3.8) is 0 Å². The number of anilines is 1. The maximum atomic E-state index is 14.4. The Labute approximate surface area is 229 Å². The molecule has 0 radical (unpaired) electrons. The number of H-pyrrole nitrogens is 1. The van der Waals surface area contributed by atoms with Gasteiger partial charge in [0.05, 0.1) is 24.9 Å². The first-order valence-corrected chi connectivity index (χ1v) is 12.6. The summed E-state index contributed by atoms with van der Waals surface area (Å²) >= 11 is 0. The molecule has 40 heavy (non-hydrogen) atoms. The summed E-state index contributed by atoms with van der Waals surface area (Å²) in [7, 11) is 3.19. The Morgan fingerprint density at radius 3 is 2.73 bits per heavy atom. The summed E-state index contributed by atoms with van der Waals surface area (Å²) in [6.45, 7) is 4.26. The van der Waals surface area contributed by atoms with Crippen LogP contribution in [0.1, 0.15) is 32.4 Å². The van der Waals surface area contributed by atoms with Crippen LogP contribution in [0, 0.1) is 11.7 Å². The van der Waals surface area contributed by atoms with Crippen LogP contribution in [-0.4, -0.2) is 69.2 Å². The van der Waals surface area contributed by atoms with Gasteiger partial charge in [-0.25, -0.2) is 9.18 Å². The summed E-state index contributed by atoms with van der Waals surface area (Å²) in [5, 5.41) is 13.8. The molecule has 0 aliphatic heterocycles. The van der Waals surface area contributed by atoms with Crippen molar-refractivity contribution < 1.29 is 28.6 Å². The third-order valence-electron chi connectivity index (χ3n) is 5.73. The van der Waals surface area contributed by atoms with Crippen molar-refractivity contribution in [1.82, 2.24) is 24.8 Å². The molecule has 0 unspecified atom stereocenters. The molecule has 0 aliphatic carbocycles. The number of carboxylic acid groups (broad SMARTS) is 1. The van der Waals surface area contributed by atoms with E-state index in [0.29, 0.717) is 23.3 Å². The maximum absolute atomic E-state index is 14.4. The molecule has 3 aromatic rings. The van der Waals surface area contributed by atoms with E-state index >= 15 is 0 Å². The summed E-state index contributed by atoms with van der Waals surface area (Å²) in [5.41, 5.74) is 0.811. The number of amides is 3. The fraction of sp³-hybridized carbons (Fsp3) is 0.370. The minimum Gasteiger partial charge on any atom is -0.488 e. The molecule has 0 bridgehead atoms. The standard InChI is InChI=1S/C27H33FN6O6/c1-16(2)15-40-24-18(28)13-29-21-12-17(30-23(21)24)14-34-11-7-9-20(26(34)37)31-25(36)19(32-27(38)39)8-5-6-10-22(35)33(3)4/h6-7,9-13,16,19,30,32H,5,8,14-15H2,1-4H3,(H,31,36)(H,38,39)/b10-6+/t19-/m0/s1. The number of hydrogen-bond donors (Lipinski definition) is 4. The fourth-order valence-electron chi connectivity index (χ4n) is 3.73. The highest BCUT2D eigenvalue weighted by atomic mass is 19.1. The number of nitrogens with one attached hydrogen (secondary N) is 3. The van der Waals surface area contributed by atoms with Crippen LogP contribution in [0.5, 0.6) is 5.75 Å². The van der Waals surface area contributed by atoms with E-state index in [-0.39, 0.29) is 42.6 Å². The maximum Gasteiger partial charge on any atom is 0.405 e. The Morgan fingerprint density at radius 2 is 2.05 bits per heavy atom. The molecule has 0 spiro atoms. The van der Waals surface area contributed by atoms with Crippen molar-refractivity contribution in [1.29, 1.82) is 0 Å². The molecular weight excluding hydrogens is 523 g/mol. The van der Waals surface area contributed by atoms with E-state index in [1.54, 1.807) is 32.3 Å². The number of aromatic amines is 1. The van der Waals surface area contributed by atoms with E-state index in [4.69, 9.17) is 9.84 Å². The van der Waals surface area contributed by atoms with Gasteiger partial charge in [0.2, 0.25) is 11.8 Å². The SMILES string of the molecule is CC(C)COc1c(F)cnc2cc(Cn3cccc(NC(=O)[C@H](CC/C=C/C(=O)N(C)C)NC(=O)O)c3=O)[nH]c12. The highest BCUT2D eigenvalue weighted by Gasteiger charge is 2.21. The number of fused-ring (bicyclic) bond motifs is 1. The quantitative estimate of drug-likeness (QED) is 0.250. The average Bonchev–Trinajstić information content (AvgIpc) is 3.29. The number of nitrogens with zero attached hydrogens (tertiary/aromatic N) is 3. The molecular formula is C27H33FN6O6. The smallest absolute Gasteiger partial charge is 0.405 e. The van der Waals surface area contributed by atoms with E-state index in [1.807, 2.05) is 13.8 Å². The topological polar surface area (TPSA) is 159 Å². The molecule has 0 saturated carbocycles. The van der Waals surface area contributed by atoms with Crippen LogP contribution in [0.2, 0.25) is 0 Å². The minimum atomic E-state index is -1.40. The molecule has 13 heteroatoms. The van der Waals surface area contributed by atoms with Gasteiger partial charge in [0.15, 0.2) is 11.6 Å². The first kappa shape index (κ1) is 29.9. The number of hydrogen-bond acceptors (Lipinski definition) is 6. The van der Waals surface area contributed by atoms with Crippen LogP contribution in [0.3, 0.4) is 0 Å². The number of aromatic nitrogens is 3. The van der Waals surface area contributed by atoms with E-state index in [2.05, 4.69) is 20.6 Å². The molecule has 4 N–H and O–H groups in total. The van der Waals surface area contributed by atoms with Crippen LogP contribution in [0.4, 0.5) is 14.9 Å². The van der Waals surface area contributed by atoms with Crippen molar-refractivity contribution in [3.05, 3.63) is 64.6 Å². The zero-order chi connectivity index (χ0) is 29.4. The lowest BCUT2D eigenvalue weighted by atomic mass is 10.1. The minimum absolute atomic E-state index is 0.0516. The van der Waals surface area contributed by atoms with Crippen LogP contribution >= 0.6 is 0 Å². The normalized spacial score (nSPS) is 12.1. The number of carbonyl (C=O) groups excluding carboxylic acids is 2. The number of likely N-dealkylation sites (N-methyl/N-ethyl adjacent to an activating group) is 1. The second-order valence-electron chi connectivity index (χ2n) is 9.75. The fourth-order valence-corrected chi connectivity index (χ4v) is 3.73. The molecule has 0 saturated heterocycles. The van der Waals surface area contributed by atoms with Crippen molar-refractivity contribution >= 4 is 34.6 Å². The first-order valence-electron chi connectivity index (χ1n) is 12.6. The average molecular weight is 557 g/mol. The zero-order valence-corrected chi connectivity index (χ0v) is 22.7. The van der Waals surface area contributed by atoms with E-state index < -0.39 is 29.4 Å². The molecule has 0 aromatic carbocycles. The van der Waals surface area contributed by atoms with Gasteiger partial charge in [-0.3, -0.25) is 19.4 Å². The second kappa shape index (κ2) is 13.4. The molecule has 3 aromatic heterocycles. The molecule has 3 heterocycles. The summed E-state index contributed by atoms with van der Waals surface area (Å²) in [4.78, 5) is 57.4. The van der Waals surface area contributed by atoms with Gasteiger partial charge in [0.25, 0.3) is 5.56 Å². The van der Waals surface area contributed by atoms with Crippen molar-refractivity contribution in [2.45, 2.75) is 39.3 Å². The number of pyridine rings is 2. The predicted octanol–water partition coefficient (Wildman–Crippen LogP) is 2.95. The Bertz CT molecular complexity index is 1460. The Balaban J connectivity index is 1.76. The van der Waals surface area contributed by atoms with E-state index in [0.717, 1.165) is 6.20 Å². The summed E-state index contributed by atoms with van der Waals surface area (Å²) in [6, 6.07) is 3.48. The zero-order valence-electron chi connectivity index (χ0n) is 22.7. The van der Waals surface area contributed by atoms with Crippen molar-refractivity contribution in [2.24, 2.45) is 5.92 Å². The van der Waals surface area contributed by atoms with Gasteiger partial charge in [0, 0.05) is 26.0 Å². The molecule has 3 amide bonds. The summed E-state index contributed by atoms with van der Waals surface area (Å²) in [5.74, 6) is -1.33. The molecule has 214 valence electrons. The molecule has 1 atom stereocenters. The van der Waals surface area contributed by atoms with Gasteiger partial charge in [0.1, 0.15) is 17.2 Å². The number of ether oxygens (including phenoxy) is 1. The number of allylic oxidation sites excluding steroid dienone is 1. The Kier molecular flexibility index (Phi) is 10.0. The summed E-state index contributed by atoms with van der Waals surface area (Å²) < 4.78 is 21.4. The van der Waals surface area contributed by atoms with Gasteiger partial charge in [-0.15, -0.1) is 0 Å². The second-order valence-corrected chi connectivity index (χ2v) is 9.75. The molecule has 0 aliphatic rings. The van der Waals surface area contributed by atoms with Crippen LogP contribution in [-0.2, 0) is 16.1 Å². The van der Waals surface area contributed by atoms with Gasteiger partial charge >= 0.3 is 6.09 Å².